The topological polar surface area (TPSA) is 45.1 Å². The van der Waals surface area contributed by atoms with E-state index in [2.05, 4.69) is 10.3 Å². The summed E-state index contributed by atoms with van der Waals surface area (Å²) in [7, 11) is 0. The number of aliphatic hydroxyl groups is 1. The van der Waals surface area contributed by atoms with Gasteiger partial charge in [0, 0.05) is 18.1 Å². The number of halogens is 1. The van der Waals surface area contributed by atoms with Crippen LogP contribution in [-0.4, -0.2) is 22.2 Å². The van der Waals surface area contributed by atoms with Gasteiger partial charge in [0.25, 0.3) is 0 Å². The van der Waals surface area contributed by atoms with Crippen molar-refractivity contribution < 1.29 is 5.11 Å². The fourth-order valence-corrected chi connectivity index (χ4v) is 2.00. The Bertz CT molecular complexity index is 549. The van der Waals surface area contributed by atoms with Crippen molar-refractivity contribution in [3.63, 3.8) is 0 Å². The molecule has 0 saturated heterocycles. The van der Waals surface area contributed by atoms with Crippen molar-refractivity contribution in [3.8, 4) is 0 Å². The zero-order valence-electron chi connectivity index (χ0n) is 10.6. The van der Waals surface area contributed by atoms with Crippen LogP contribution in [0.25, 0.3) is 10.9 Å². The Kier molecular flexibility index (Phi) is 3.73. The van der Waals surface area contributed by atoms with Gasteiger partial charge in [0.05, 0.1) is 21.8 Å². The number of fused-ring (bicyclic) bond motifs is 1. The van der Waals surface area contributed by atoms with Crippen molar-refractivity contribution in [2.24, 2.45) is 0 Å². The lowest BCUT2D eigenvalue weighted by molar-refractivity contribution is 0.0749. The van der Waals surface area contributed by atoms with Crippen LogP contribution in [0.5, 0.6) is 0 Å². The summed E-state index contributed by atoms with van der Waals surface area (Å²) < 4.78 is 0. The second-order valence-corrected chi connectivity index (χ2v) is 5.39. The second-order valence-electron chi connectivity index (χ2n) is 4.98. The van der Waals surface area contributed by atoms with Gasteiger partial charge < -0.3 is 10.4 Å². The lowest BCUT2D eigenvalue weighted by Gasteiger charge is -2.18. The molecule has 2 aromatic rings. The zero-order valence-corrected chi connectivity index (χ0v) is 11.3. The molecule has 0 bridgehead atoms. The highest BCUT2D eigenvalue weighted by atomic mass is 35.5. The summed E-state index contributed by atoms with van der Waals surface area (Å²) in [5.74, 6) is 0. The van der Waals surface area contributed by atoms with Crippen LogP contribution < -0.4 is 5.32 Å². The molecule has 0 amide bonds. The molecule has 18 heavy (non-hydrogen) atoms. The third kappa shape index (κ3) is 3.12. The minimum atomic E-state index is -0.664. The molecular weight excluding hydrogens is 248 g/mol. The van der Waals surface area contributed by atoms with Gasteiger partial charge in [0.15, 0.2) is 0 Å². The Morgan fingerprint density at radius 2 is 2.11 bits per heavy atom. The first-order valence-corrected chi connectivity index (χ1v) is 6.35. The average Bonchev–Trinajstić information content (AvgIpc) is 2.31. The van der Waals surface area contributed by atoms with Gasteiger partial charge in [-0.1, -0.05) is 11.6 Å². The number of benzene rings is 1. The van der Waals surface area contributed by atoms with Crippen LogP contribution in [-0.2, 0) is 0 Å². The molecule has 0 aliphatic rings. The smallest absolute Gasteiger partial charge is 0.0948 e. The van der Waals surface area contributed by atoms with Crippen LogP contribution in [0.2, 0.25) is 5.02 Å². The third-order valence-corrected chi connectivity index (χ3v) is 3.10. The van der Waals surface area contributed by atoms with E-state index in [9.17, 15) is 5.11 Å². The zero-order chi connectivity index (χ0) is 13.2. The molecule has 96 valence electrons. The van der Waals surface area contributed by atoms with Crippen LogP contribution in [0.3, 0.4) is 0 Å². The van der Waals surface area contributed by atoms with Gasteiger partial charge in [-0.05, 0) is 44.5 Å². The van der Waals surface area contributed by atoms with Crippen molar-refractivity contribution in [3.05, 3.63) is 35.5 Å². The number of hydrogen-bond acceptors (Lipinski definition) is 3. The fourth-order valence-electron chi connectivity index (χ4n) is 1.78. The summed E-state index contributed by atoms with van der Waals surface area (Å²) >= 11 is 6.13. The quantitative estimate of drug-likeness (QED) is 0.889. The largest absolute Gasteiger partial charge is 0.390 e. The highest BCUT2D eigenvalue weighted by Crippen LogP contribution is 2.28. The van der Waals surface area contributed by atoms with Gasteiger partial charge in [-0.25, -0.2) is 0 Å². The molecule has 2 N–H and O–H groups in total. The molecule has 0 atom stereocenters. The maximum Gasteiger partial charge on any atom is 0.0948 e. The number of nitrogens with zero attached hydrogens (tertiary/aromatic N) is 1. The number of hydrogen-bond donors (Lipinski definition) is 2. The molecule has 0 fully saturated rings. The number of pyridine rings is 1. The molecule has 0 unspecified atom stereocenters. The number of anilines is 1. The summed E-state index contributed by atoms with van der Waals surface area (Å²) in [6, 6.07) is 7.60. The molecule has 0 aliphatic heterocycles. The Hall–Kier alpha value is -1.32. The van der Waals surface area contributed by atoms with Crippen molar-refractivity contribution in [1.82, 2.24) is 4.98 Å². The van der Waals surface area contributed by atoms with Crippen LogP contribution in [0.15, 0.2) is 30.5 Å². The Labute approximate surface area is 112 Å². The molecule has 0 aliphatic carbocycles. The highest BCUT2D eigenvalue weighted by Gasteiger charge is 2.12. The molecule has 4 heteroatoms. The van der Waals surface area contributed by atoms with Gasteiger partial charge in [-0.2, -0.15) is 0 Å². The Morgan fingerprint density at radius 1 is 1.33 bits per heavy atom. The normalized spacial score (nSPS) is 11.8. The van der Waals surface area contributed by atoms with Gasteiger partial charge in [-0.15, -0.1) is 0 Å². The van der Waals surface area contributed by atoms with Crippen LogP contribution in [0.1, 0.15) is 20.3 Å². The van der Waals surface area contributed by atoms with Crippen molar-refractivity contribution in [2.45, 2.75) is 25.9 Å². The minimum Gasteiger partial charge on any atom is -0.390 e. The van der Waals surface area contributed by atoms with Gasteiger partial charge in [0.1, 0.15) is 0 Å². The lowest BCUT2D eigenvalue weighted by Crippen LogP contribution is -2.22. The van der Waals surface area contributed by atoms with E-state index in [1.807, 2.05) is 24.3 Å². The molecule has 1 aromatic carbocycles. The number of nitrogens with one attached hydrogen (secondary N) is 1. The van der Waals surface area contributed by atoms with Gasteiger partial charge >= 0.3 is 0 Å². The Balaban J connectivity index is 2.21. The molecule has 0 spiro atoms. The van der Waals surface area contributed by atoms with Crippen LogP contribution >= 0.6 is 11.6 Å². The van der Waals surface area contributed by atoms with E-state index in [1.54, 1.807) is 20.0 Å². The van der Waals surface area contributed by atoms with E-state index in [1.165, 1.54) is 0 Å². The monoisotopic (exact) mass is 264 g/mol. The maximum atomic E-state index is 9.68. The Morgan fingerprint density at radius 3 is 2.83 bits per heavy atom. The standard InChI is InChI=1S/C14H17ClN2O/c1-14(2,18)7-9-16-12-6-5-11(15)10-4-3-8-17-13(10)12/h3-6,8,16,18H,7,9H2,1-2H3. The maximum absolute atomic E-state index is 9.68. The summed E-state index contributed by atoms with van der Waals surface area (Å²) in [4.78, 5) is 4.35. The first-order chi connectivity index (χ1) is 8.47. The van der Waals surface area contributed by atoms with E-state index in [-0.39, 0.29) is 0 Å². The first kappa shape index (κ1) is 13.1. The fraction of sp³-hybridized carbons (Fsp3) is 0.357. The van der Waals surface area contributed by atoms with Gasteiger partial charge in [0.2, 0.25) is 0 Å². The number of aromatic nitrogens is 1. The summed E-state index contributed by atoms with van der Waals surface area (Å²) in [5, 5.41) is 14.6. The first-order valence-electron chi connectivity index (χ1n) is 5.97. The van der Waals surface area contributed by atoms with Crippen molar-refractivity contribution >= 4 is 28.2 Å². The van der Waals surface area contributed by atoms with E-state index < -0.39 is 5.60 Å². The van der Waals surface area contributed by atoms with Crippen molar-refractivity contribution in [2.75, 3.05) is 11.9 Å². The molecule has 0 saturated carbocycles. The SMILES string of the molecule is CC(C)(O)CCNc1ccc(Cl)c2cccnc12. The highest BCUT2D eigenvalue weighted by molar-refractivity contribution is 6.35. The lowest BCUT2D eigenvalue weighted by atomic mass is 10.1. The van der Waals surface area contributed by atoms with Crippen LogP contribution in [0, 0.1) is 0 Å². The van der Waals surface area contributed by atoms with Gasteiger partial charge in [-0.3, -0.25) is 4.98 Å². The molecule has 2 rings (SSSR count). The summed E-state index contributed by atoms with van der Waals surface area (Å²) in [6.07, 6.45) is 2.42. The van der Waals surface area contributed by atoms with Crippen LogP contribution in [0.4, 0.5) is 5.69 Å². The van der Waals surface area contributed by atoms with E-state index in [4.69, 9.17) is 11.6 Å². The summed E-state index contributed by atoms with van der Waals surface area (Å²) in [6.45, 7) is 4.29. The molecular formula is C14H17ClN2O. The average molecular weight is 265 g/mol. The summed E-state index contributed by atoms with van der Waals surface area (Å²) in [5.41, 5.74) is 1.14. The predicted octanol–water partition coefficient (Wildman–Crippen LogP) is 3.46. The van der Waals surface area contributed by atoms with E-state index in [0.717, 1.165) is 16.6 Å². The van der Waals surface area contributed by atoms with E-state index in [0.29, 0.717) is 18.0 Å². The predicted molar refractivity (Wildman–Crippen MR) is 76.2 cm³/mol. The third-order valence-electron chi connectivity index (χ3n) is 2.77. The number of rotatable bonds is 4. The van der Waals surface area contributed by atoms with Crippen molar-refractivity contribution in [1.29, 1.82) is 0 Å². The second kappa shape index (κ2) is 5.12. The molecule has 0 radical (unpaired) electrons. The molecule has 1 heterocycles. The minimum absolute atomic E-state index is 0.664. The van der Waals surface area contributed by atoms with E-state index >= 15 is 0 Å². The molecule has 3 nitrogen and oxygen atoms in total. The molecule has 1 aromatic heterocycles.